The molecule has 1 aromatic carbocycles. The number of ether oxygens (including phenoxy) is 4. The summed E-state index contributed by atoms with van der Waals surface area (Å²) >= 11 is 0. The SMILES string of the molecule is COc1cc(OC)c(OC(C)C)c2c1CO[C@H](C)[C@@H]2O. The van der Waals surface area contributed by atoms with Crippen LogP contribution in [-0.2, 0) is 11.3 Å². The summed E-state index contributed by atoms with van der Waals surface area (Å²) in [7, 11) is 3.16. The Hall–Kier alpha value is -1.46. The molecule has 1 N–H and O–H groups in total. The van der Waals surface area contributed by atoms with Crippen molar-refractivity contribution >= 4 is 0 Å². The molecule has 0 spiro atoms. The largest absolute Gasteiger partial charge is 0.496 e. The lowest BCUT2D eigenvalue weighted by atomic mass is 9.94. The van der Waals surface area contributed by atoms with Crippen molar-refractivity contribution in [2.75, 3.05) is 14.2 Å². The topological polar surface area (TPSA) is 57.2 Å². The van der Waals surface area contributed by atoms with E-state index in [0.717, 1.165) is 5.56 Å². The van der Waals surface area contributed by atoms with Crippen molar-refractivity contribution < 1.29 is 24.1 Å². The summed E-state index contributed by atoms with van der Waals surface area (Å²) in [4.78, 5) is 0. The number of hydrogen-bond donors (Lipinski definition) is 1. The monoisotopic (exact) mass is 282 g/mol. The highest BCUT2D eigenvalue weighted by Crippen LogP contribution is 2.46. The molecule has 5 nitrogen and oxygen atoms in total. The van der Waals surface area contributed by atoms with Crippen LogP contribution >= 0.6 is 0 Å². The molecular formula is C15H22O5. The first-order valence-electron chi connectivity index (χ1n) is 6.73. The van der Waals surface area contributed by atoms with Crippen molar-refractivity contribution in [1.29, 1.82) is 0 Å². The van der Waals surface area contributed by atoms with Crippen molar-refractivity contribution in [3.05, 3.63) is 17.2 Å². The van der Waals surface area contributed by atoms with Gasteiger partial charge in [0.05, 0.1) is 33.0 Å². The number of methoxy groups -OCH3 is 2. The van der Waals surface area contributed by atoms with Gasteiger partial charge in [-0.1, -0.05) is 0 Å². The molecule has 0 amide bonds. The average Bonchev–Trinajstić information content (AvgIpc) is 2.42. The summed E-state index contributed by atoms with van der Waals surface area (Å²) in [6.07, 6.45) is -1.09. The van der Waals surface area contributed by atoms with E-state index >= 15 is 0 Å². The molecule has 2 rings (SSSR count). The fourth-order valence-electron chi connectivity index (χ4n) is 2.37. The maximum atomic E-state index is 10.4. The van der Waals surface area contributed by atoms with E-state index in [-0.39, 0.29) is 12.2 Å². The van der Waals surface area contributed by atoms with Crippen molar-refractivity contribution in [1.82, 2.24) is 0 Å². The smallest absolute Gasteiger partial charge is 0.168 e. The van der Waals surface area contributed by atoms with Gasteiger partial charge in [-0.05, 0) is 20.8 Å². The molecule has 0 aromatic heterocycles. The van der Waals surface area contributed by atoms with Crippen LogP contribution in [0.25, 0.3) is 0 Å². The highest BCUT2D eigenvalue weighted by molar-refractivity contribution is 5.59. The van der Waals surface area contributed by atoms with Gasteiger partial charge in [-0.3, -0.25) is 0 Å². The standard InChI is InChI=1S/C15H22O5/c1-8(2)20-15-12(18-5)6-11(17-4)10-7-19-9(3)14(16)13(10)15/h6,8-9,14,16H,7H2,1-5H3/t9-,14+/m1/s1. The third-order valence-corrected chi connectivity index (χ3v) is 3.38. The van der Waals surface area contributed by atoms with Gasteiger partial charge < -0.3 is 24.1 Å². The molecule has 0 radical (unpaired) electrons. The van der Waals surface area contributed by atoms with Crippen LogP contribution in [-0.4, -0.2) is 31.5 Å². The normalized spacial score (nSPS) is 21.6. The summed E-state index contributed by atoms with van der Waals surface area (Å²) in [6.45, 7) is 6.09. The lowest BCUT2D eigenvalue weighted by Gasteiger charge is -2.32. The molecule has 1 heterocycles. The second-order valence-electron chi connectivity index (χ2n) is 5.13. The van der Waals surface area contributed by atoms with E-state index in [1.165, 1.54) is 0 Å². The fourth-order valence-corrected chi connectivity index (χ4v) is 2.37. The molecule has 2 atom stereocenters. The third kappa shape index (κ3) is 2.55. The van der Waals surface area contributed by atoms with Gasteiger partial charge in [0.25, 0.3) is 0 Å². The Morgan fingerprint density at radius 1 is 1.25 bits per heavy atom. The first-order valence-corrected chi connectivity index (χ1v) is 6.73. The van der Waals surface area contributed by atoms with E-state index in [2.05, 4.69) is 0 Å². The Balaban J connectivity index is 2.64. The van der Waals surface area contributed by atoms with Crippen molar-refractivity contribution in [2.45, 2.75) is 45.7 Å². The van der Waals surface area contributed by atoms with E-state index in [4.69, 9.17) is 18.9 Å². The fraction of sp³-hybridized carbons (Fsp3) is 0.600. The van der Waals surface area contributed by atoms with E-state index in [9.17, 15) is 5.11 Å². The third-order valence-electron chi connectivity index (χ3n) is 3.38. The van der Waals surface area contributed by atoms with Crippen LogP contribution in [0.15, 0.2) is 6.07 Å². The van der Waals surface area contributed by atoms with Crippen molar-refractivity contribution in [3.8, 4) is 17.2 Å². The predicted molar refractivity (Wildman–Crippen MR) is 74.5 cm³/mol. The van der Waals surface area contributed by atoms with Gasteiger partial charge in [-0.2, -0.15) is 0 Å². The summed E-state index contributed by atoms with van der Waals surface area (Å²) in [5, 5.41) is 10.4. The van der Waals surface area contributed by atoms with Gasteiger partial charge >= 0.3 is 0 Å². The minimum atomic E-state index is -0.767. The average molecular weight is 282 g/mol. The van der Waals surface area contributed by atoms with Gasteiger partial charge in [0.15, 0.2) is 11.5 Å². The molecule has 0 fully saturated rings. The highest BCUT2D eigenvalue weighted by atomic mass is 16.5. The number of aliphatic hydroxyl groups excluding tert-OH is 1. The Bertz CT molecular complexity index is 484. The minimum Gasteiger partial charge on any atom is -0.496 e. The van der Waals surface area contributed by atoms with E-state index in [0.29, 0.717) is 29.4 Å². The molecule has 1 aliphatic rings. The molecule has 20 heavy (non-hydrogen) atoms. The maximum absolute atomic E-state index is 10.4. The lowest BCUT2D eigenvalue weighted by molar-refractivity contribution is -0.0549. The zero-order valence-electron chi connectivity index (χ0n) is 12.6. The van der Waals surface area contributed by atoms with Crippen molar-refractivity contribution in [2.24, 2.45) is 0 Å². The number of hydrogen-bond acceptors (Lipinski definition) is 5. The quantitative estimate of drug-likeness (QED) is 0.919. The molecule has 1 aliphatic heterocycles. The molecule has 0 bridgehead atoms. The summed E-state index contributed by atoms with van der Waals surface area (Å²) < 4.78 is 22.2. The van der Waals surface area contributed by atoms with Gasteiger partial charge in [-0.15, -0.1) is 0 Å². The van der Waals surface area contributed by atoms with Crippen LogP contribution in [0.4, 0.5) is 0 Å². The molecule has 112 valence electrons. The summed E-state index contributed by atoms with van der Waals surface area (Å²) in [6, 6.07) is 1.77. The first-order chi connectivity index (χ1) is 9.49. The Morgan fingerprint density at radius 2 is 1.90 bits per heavy atom. The molecular weight excluding hydrogens is 260 g/mol. The molecule has 0 aliphatic carbocycles. The van der Waals surface area contributed by atoms with Crippen LogP contribution in [0.3, 0.4) is 0 Å². The van der Waals surface area contributed by atoms with Crippen LogP contribution in [0.5, 0.6) is 17.2 Å². The molecule has 0 unspecified atom stereocenters. The summed E-state index contributed by atoms with van der Waals surface area (Å²) in [5.74, 6) is 1.77. The number of benzene rings is 1. The second kappa shape index (κ2) is 5.89. The zero-order chi connectivity index (χ0) is 14.9. The van der Waals surface area contributed by atoms with Crippen LogP contribution in [0.2, 0.25) is 0 Å². The van der Waals surface area contributed by atoms with Gasteiger partial charge in [0, 0.05) is 17.2 Å². The first kappa shape index (κ1) is 14.9. The van der Waals surface area contributed by atoms with Gasteiger partial charge in [0.2, 0.25) is 0 Å². The predicted octanol–water partition coefficient (Wildman–Crippen LogP) is 2.44. The highest BCUT2D eigenvalue weighted by Gasteiger charge is 2.33. The minimum absolute atomic E-state index is 0.0215. The summed E-state index contributed by atoms with van der Waals surface area (Å²) in [5.41, 5.74) is 1.52. The molecule has 1 aromatic rings. The molecule has 0 saturated carbocycles. The van der Waals surface area contributed by atoms with Gasteiger partial charge in [-0.25, -0.2) is 0 Å². The number of fused-ring (bicyclic) bond motifs is 1. The zero-order valence-corrected chi connectivity index (χ0v) is 12.6. The number of rotatable bonds is 4. The molecule has 5 heteroatoms. The van der Waals surface area contributed by atoms with E-state index in [1.807, 2.05) is 20.8 Å². The molecule has 0 saturated heterocycles. The maximum Gasteiger partial charge on any atom is 0.168 e. The van der Waals surface area contributed by atoms with E-state index in [1.54, 1.807) is 20.3 Å². The Labute approximate surface area is 119 Å². The van der Waals surface area contributed by atoms with Crippen molar-refractivity contribution in [3.63, 3.8) is 0 Å². The van der Waals surface area contributed by atoms with Crippen LogP contribution in [0.1, 0.15) is 38.0 Å². The van der Waals surface area contributed by atoms with Crippen LogP contribution in [0, 0.1) is 0 Å². The van der Waals surface area contributed by atoms with Crippen LogP contribution < -0.4 is 14.2 Å². The lowest BCUT2D eigenvalue weighted by Crippen LogP contribution is -2.27. The Morgan fingerprint density at radius 3 is 2.45 bits per heavy atom. The number of aliphatic hydroxyl groups is 1. The second-order valence-corrected chi connectivity index (χ2v) is 5.13. The van der Waals surface area contributed by atoms with E-state index < -0.39 is 6.10 Å². The Kier molecular flexibility index (Phi) is 4.40. The van der Waals surface area contributed by atoms with Gasteiger partial charge in [0.1, 0.15) is 11.9 Å².